The second-order valence-electron chi connectivity index (χ2n) is 6.52. The number of carbonyl (C=O) groups is 1. The molecule has 1 unspecified atom stereocenters. The summed E-state index contributed by atoms with van der Waals surface area (Å²) in [5, 5.41) is 5.32. The quantitative estimate of drug-likeness (QED) is 0.787. The molecule has 0 aromatic carbocycles. The number of anilines is 1. The predicted octanol–water partition coefficient (Wildman–Crippen LogP) is 2.35. The molecule has 1 atom stereocenters. The molecule has 154 valence electrons. The van der Waals surface area contributed by atoms with Gasteiger partial charge < -0.3 is 10.2 Å². The Balaban J connectivity index is 1.85. The van der Waals surface area contributed by atoms with Crippen LogP contribution in [0.3, 0.4) is 0 Å². The van der Waals surface area contributed by atoms with Crippen molar-refractivity contribution >= 4 is 17.5 Å². The topological polar surface area (TPSA) is 75.4 Å². The molecule has 0 bridgehead atoms. The largest absolute Gasteiger partial charge is 0.453 e. The van der Waals surface area contributed by atoms with Gasteiger partial charge in [-0.05, 0) is 19.8 Å². The number of halogens is 6. The molecule has 28 heavy (non-hydrogen) atoms. The summed E-state index contributed by atoms with van der Waals surface area (Å²) in [5.74, 6) is -2.82. The third-order valence-electron chi connectivity index (χ3n) is 4.25. The van der Waals surface area contributed by atoms with E-state index in [2.05, 4.69) is 15.1 Å². The Bertz CT molecular complexity index is 876. The van der Waals surface area contributed by atoms with E-state index in [1.54, 1.807) is 11.8 Å². The number of piperidine rings is 1. The van der Waals surface area contributed by atoms with Crippen LogP contribution in [-0.4, -0.2) is 51.3 Å². The minimum atomic E-state index is -4.75. The molecule has 2 aromatic heterocycles. The van der Waals surface area contributed by atoms with E-state index in [1.165, 1.54) is 6.07 Å². The smallest absolute Gasteiger partial charge is 0.356 e. The number of nitrogens with one attached hydrogen (secondary N) is 1. The summed E-state index contributed by atoms with van der Waals surface area (Å²) in [7, 11) is 0. The summed E-state index contributed by atoms with van der Waals surface area (Å²) in [6, 6.07) is 1.50. The van der Waals surface area contributed by atoms with Gasteiger partial charge >= 0.3 is 12.4 Å². The molecule has 7 nitrogen and oxygen atoms in total. The fraction of sp³-hybridized carbons (Fsp3) is 0.600. The number of nitrogens with zero attached hydrogens (tertiary/aromatic N) is 5. The van der Waals surface area contributed by atoms with Gasteiger partial charge in [-0.25, -0.2) is 4.98 Å². The number of aromatic nitrogens is 4. The zero-order chi connectivity index (χ0) is 20.7. The highest BCUT2D eigenvalue weighted by Gasteiger charge is 2.37. The number of alkyl halides is 6. The van der Waals surface area contributed by atoms with Crippen LogP contribution >= 0.6 is 0 Å². The first-order valence-electron chi connectivity index (χ1n) is 8.35. The van der Waals surface area contributed by atoms with Crippen LogP contribution in [0.2, 0.25) is 0 Å². The first-order chi connectivity index (χ1) is 12.9. The van der Waals surface area contributed by atoms with E-state index in [0.29, 0.717) is 25.1 Å². The molecule has 3 rings (SSSR count). The summed E-state index contributed by atoms with van der Waals surface area (Å²) in [5.41, 5.74) is 0.396. The molecule has 3 heterocycles. The highest BCUT2D eigenvalue weighted by molar-refractivity contribution is 5.79. The van der Waals surface area contributed by atoms with Gasteiger partial charge in [0.25, 0.3) is 11.6 Å². The molecule has 1 aliphatic heterocycles. The first kappa shape index (κ1) is 20.1. The van der Waals surface area contributed by atoms with E-state index in [-0.39, 0.29) is 18.1 Å². The lowest BCUT2D eigenvalue weighted by atomic mass is 9.97. The standard InChI is InChI=1S/C15H16F6N6O/c1-8-5-10(27-13(23-8)24-12(25-27)15(19,20)21)26-4-2-3-9(6-26)11(28)22-7-14(16,17)18/h5,9H,2-4,6-7H2,1H3,(H,22,28). The number of hydrogen-bond donors (Lipinski definition) is 1. The van der Waals surface area contributed by atoms with E-state index in [0.717, 1.165) is 4.52 Å². The van der Waals surface area contributed by atoms with Crippen molar-refractivity contribution < 1.29 is 31.1 Å². The average molecular weight is 410 g/mol. The predicted molar refractivity (Wildman–Crippen MR) is 84.5 cm³/mol. The van der Waals surface area contributed by atoms with Crippen LogP contribution < -0.4 is 10.2 Å². The molecule has 1 saturated heterocycles. The highest BCUT2D eigenvalue weighted by atomic mass is 19.4. The Morgan fingerprint density at radius 1 is 1.25 bits per heavy atom. The van der Waals surface area contributed by atoms with Crippen molar-refractivity contribution in [1.29, 1.82) is 0 Å². The zero-order valence-corrected chi connectivity index (χ0v) is 14.6. The molecule has 1 fully saturated rings. The van der Waals surface area contributed by atoms with Crippen LogP contribution in [0, 0.1) is 12.8 Å². The maximum absolute atomic E-state index is 12.9. The Morgan fingerprint density at radius 3 is 2.61 bits per heavy atom. The van der Waals surface area contributed by atoms with Gasteiger partial charge in [0.2, 0.25) is 5.91 Å². The van der Waals surface area contributed by atoms with E-state index in [1.807, 2.05) is 5.32 Å². The molecule has 0 spiro atoms. The van der Waals surface area contributed by atoms with Crippen LogP contribution in [0.1, 0.15) is 24.4 Å². The third kappa shape index (κ3) is 4.44. The van der Waals surface area contributed by atoms with Gasteiger partial charge in [0.05, 0.1) is 5.92 Å². The molecule has 0 radical (unpaired) electrons. The summed E-state index contributed by atoms with van der Waals surface area (Å²) < 4.78 is 76.6. The van der Waals surface area contributed by atoms with Gasteiger partial charge in [0.1, 0.15) is 12.4 Å². The van der Waals surface area contributed by atoms with Crippen molar-refractivity contribution in [2.45, 2.75) is 32.1 Å². The van der Waals surface area contributed by atoms with Gasteiger partial charge in [-0.3, -0.25) is 4.79 Å². The minimum Gasteiger partial charge on any atom is -0.356 e. The molecule has 1 aliphatic rings. The lowest BCUT2D eigenvalue weighted by molar-refractivity contribution is -0.144. The zero-order valence-electron chi connectivity index (χ0n) is 14.6. The lowest BCUT2D eigenvalue weighted by Crippen LogP contribution is -2.45. The monoisotopic (exact) mass is 410 g/mol. The maximum atomic E-state index is 12.9. The second-order valence-corrected chi connectivity index (χ2v) is 6.52. The van der Waals surface area contributed by atoms with Gasteiger partial charge in [-0.15, -0.1) is 5.10 Å². The fourth-order valence-electron chi connectivity index (χ4n) is 3.04. The van der Waals surface area contributed by atoms with Crippen molar-refractivity contribution in [3.05, 3.63) is 17.6 Å². The number of carbonyl (C=O) groups excluding carboxylic acids is 1. The van der Waals surface area contributed by atoms with Crippen molar-refractivity contribution in [3.8, 4) is 0 Å². The van der Waals surface area contributed by atoms with Crippen LogP contribution in [0.5, 0.6) is 0 Å². The minimum absolute atomic E-state index is 0.0451. The number of rotatable bonds is 3. The van der Waals surface area contributed by atoms with E-state index >= 15 is 0 Å². The van der Waals surface area contributed by atoms with E-state index < -0.39 is 36.5 Å². The summed E-state index contributed by atoms with van der Waals surface area (Å²) in [6.45, 7) is 0.591. The molecule has 2 aromatic rings. The van der Waals surface area contributed by atoms with Crippen LogP contribution in [0.15, 0.2) is 6.07 Å². The lowest BCUT2D eigenvalue weighted by Gasteiger charge is -2.33. The summed E-state index contributed by atoms with van der Waals surface area (Å²) in [4.78, 5) is 21.0. The molecule has 0 aliphatic carbocycles. The van der Waals surface area contributed by atoms with Gasteiger partial charge in [-0.2, -0.15) is 35.8 Å². The first-order valence-corrected chi connectivity index (χ1v) is 8.35. The van der Waals surface area contributed by atoms with Gasteiger partial charge in [0, 0.05) is 24.8 Å². The third-order valence-corrected chi connectivity index (χ3v) is 4.25. The van der Waals surface area contributed by atoms with Crippen molar-refractivity contribution in [2.75, 3.05) is 24.5 Å². The Labute approximate surface area is 154 Å². The Kier molecular flexibility index (Phi) is 5.10. The van der Waals surface area contributed by atoms with Gasteiger partial charge in [-0.1, -0.05) is 0 Å². The van der Waals surface area contributed by atoms with Crippen LogP contribution in [0.25, 0.3) is 5.78 Å². The molecule has 1 amide bonds. The summed E-state index contributed by atoms with van der Waals surface area (Å²) >= 11 is 0. The van der Waals surface area contributed by atoms with E-state index in [4.69, 9.17) is 0 Å². The molecular formula is C15H16F6N6O. The normalized spacial score (nSPS) is 18.5. The van der Waals surface area contributed by atoms with Crippen LogP contribution in [0.4, 0.5) is 32.2 Å². The van der Waals surface area contributed by atoms with Crippen molar-refractivity contribution in [1.82, 2.24) is 24.9 Å². The van der Waals surface area contributed by atoms with Crippen molar-refractivity contribution in [2.24, 2.45) is 5.92 Å². The van der Waals surface area contributed by atoms with E-state index in [9.17, 15) is 31.1 Å². The fourth-order valence-corrected chi connectivity index (χ4v) is 3.04. The van der Waals surface area contributed by atoms with Crippen LogP contribution in [-0.2, 0) is 11.0 Å². The Hall–Kier alpha value is -2.60. The highest BCUT2D eigenvalue weighted by Crippen LogP contribution is 2.29. The second kappa shape index (κ2) is 7.09. The Morgan fingerprint density at radius 2 is 1.96 bits per heavy atom. The molecule has 0 saturated carbocycles. The molecule has 13 heteroatoms. The average Bonchev–Trinajstić information content (AvgIpc) is 3.02. The summed E-state index contributed by atoms with van der Waals surface area (Å²) in [6.07, 6.45) is -8.42. The van der Waals surface area contributed by atoms with Crippen molar-refractivity contribution in [3.63, 3.8) is 0 Å². The maximum Gasteiger partial charge on any atom is 0.453 e. The number of amides is 1. The SMILES string of the molecule is Cc1cc(N2CCCC(C(=O)NCC(F)(F)F)C2)n2nc(C(F)(F)F)nc2n1. The number of fused-ring (bicyclic) bond motifs is 1. The molecular weight excluding hydrogens is 394 g/mol. The number of hydrogen-bond acceptors (Lipinski definition) is 5. The van der Waals surface area contributed by atoms with Gasteiger partial charge in [0.15, 0.2) is 0 Å². The molecule has 1 N–H and O–H groups in total. The number of aryl methyl sites for hydroxylation is 1.